The third-order valence-corrected chi connectivity index (χ3v) is 9.33. The van der Waals surface area contributed by atoms with Crippen LogP contribution in [0.1, 0.15) is 70.5 Å². The maximum absolute atomic E-state index is 13.9. The van der Waals surface area contributed by atoms with Crippen LogP contribution in [0.25, 0.3) is 11.1 Å². The Bertz CT molecular complexity index is 1590. The van der Waals surface area contributed by atoms with E-state index in [4.69, 9.17) is 18.9 Å². The van der Waals surface area contributed by atoms with Gasteiger partial charge < -0.3 is 39.8 Å². The molecule has 2 aromatic rings. The van der Waals surface area contributed by atoms with Gasteiger partial charge in [-0.15, -0.1) is 0 Å². The third-order valence-electron chi connectivity index (χ3n) is 8.68. The average Bonchev–Trinajstić information content (AvgIpc) is 3.29. The minimum absolute atomic E-state index is 0.0941. The normalized spacial score (nSPS) is 16.7. The van der Waals surface area contributed by atoms with Gasteiger partial charge in [0.05, 0.1) is 33.1 Å². The van der Waals surface area contributed by atoms with Crippen LogP contribution in [0.5, 0.6) is 17.2 Å². The van der Waals surface area contributed by atoms with E-state index in [1.165, 1.54) is 6.92 Å². The summed E-state index contributed by atoms with van der Waals surface area (Å²) in [6.07, 6.45) is 4.34. The number of thioether (sulfide) groups is 1. The minimum atomic E-state index is -0.643. The number of benzene rings is 1. The van der Waals surface area contributed by atoms with E-state index in [0.29, 0.717) is 79.3 Å². The molecule has 4 rings (SSSR count). The predicted octanol–water partition coefficient (Wildman–Crippen LogP) is 4.91. The van der Waals surface area contributed by atoms with Crippen molar-refractivity contribution in [3.63, 3.8) is 0 Å². The summed E-state index contributed by atoms with van der Waals surface area (Å²) in [5, 5.41) is 9.23. The number of ether oxygens (including phenoxy) is 4. The number of rotatable bonds is 11. The van der Waals surface area contributed by atoms with E-state index in [9.17, 15) is 19.2 Å². The first kappa shape index (κ1) is 37.7. The van der Waals surface area contributed by atoms with Crippen molar-refractivity contribution < 1.29 is 33.3 Å². The molecule has 2 atom stereocenters. The molecule has 0 saturated carbocycles. The molecular formula is C36H50N4O8S. The third kappa shape index (κ3) is 9.31. The average molecular weight is 699 g/mol. The molecule has 268 valence electrons. The zero-order chi connectivity index (χ0) is 35.9. The van der Waals surface area contributed by atoms with E-state index >= 15 is 0 Å². The monoisotopic (exact) mass is 698 g/mol. The Morgan fingerprint density at radius 2 is 1.67 bits per heavy atom. The van der Waals surface area contributed by atoms with E-state index in [-0.39, 0.29) is 29.0 Å². The molecule has 49 heavy (non-hydrogen) atoms. The fourth-order valence-corrected chi connectivity index (χ4v) is 6.92. The van der Waals surface area contributed by atoms with Crippen LogP contribution < -0.4 is 35.6 Å². The molecule has 2 aliphatic rings. The van der Waals surface area contributed by atoms with Crippen LogP contribution in [0, 0.1) is 0 Å². The maximum atomic E-state index is 13.9. The molecule has 13 heteroatoms. The van der Waals surface area contributed by atoms with Crippen LogP contribution >= 0.6 is 11.8 Å². The van der Waals surface area contributed by atoms with Gasteiger partial charge in [0.2, 0.25) is 23.0 Å². The van der Waals surface area contributed by atoms with Crippen LogP contribution in [0.15, 0.2) is 29.1 Å². The Balaban J connectivity index is 1.67. The fraction of sp³-hybridized carbons (Fsp3) is 0.556. The molecule has 0 spiro atoms. The molecule has 12 nitrogen and oxygen atoms in total. The number of hydrogen-bond donors (Lipinski definition) is 3. The smallest absolute Gasteiger partial charge is 0.407 e. The molecule has 3 amide bonds. The van der Waals surface area contributed by atoms with E-state index in [1.807, 2.05) is 39.2 Å². The number of fused-ring (bicyclic) bond motifs is 3. The molecule has 3 N–H and O–H groups in total. The molecule has 0 radical (unpaired) electrons. The Morgan fingerprint density at radius 3 is 2.27 bits per heavy atom. The lowest BCUT2D eigenvalue weighted by atomic mass is 9.95. The van der Waals surface area contributed by atoms with Crippen molar-refractivity contribution in [2.24, 2.45) is 0 Å². The molecule has 0 unspecified atom stereocenters. The van der Waals surface area contributed by atoms with Gasteiger partial charge in [-0.2, -0.15) is 11.8 Å². The van der Waals surface area contributed by atoms with Gasteiger partial charge in [0.1, 0.15) is 11.6 Å². The number of hydrogen-bond acceptors (Lipinski definition) is 10. The van der Waals surface area contributed by atoms with Gasteiger partial charge >= 0.3 is 6.09 Å². The van der Waals surface area contributed by atoms with Gasteiger partial charge in [0, 0.05) is 31.6 Å². The first-order valence-corrected chi connectivity index (χ1v) is 18.0. The Hall–Kier alpha value is -4.13. The number of methoxy groups -OCH3 is 3. The fourth-order valence-electron chi connectivity index (χ4n) is 6.45. The number of nitrogens with one attached hydrogen (secondary N) is 3. The van der Waals surface area contributed by atoms with Crippen LogP contribution in [-0.4, -0.2) is 86.9 Å². The van der Waals surface area contributed by atoms with Gasteiger partial charge in [-0.1, -0.05) is 6.07 Å². The molecule has 1 aliphatic heterocycles. The number of aryl methyl sites for hydroxylation is 1. The number of carbonyl (C=O) groups excluding carboxylic acids is 3. The van der Waals surface area contributed by atoms with Gasteiger partial charge in [-0.05, 0) is 99.8 Å². The first-order chi connectivity index (χ1) is 23.3. The molecule has 0 aromatic heterocycles. The van der Waals surface area contributed by atoms with Crippen molar-refractivity contribution in [3.8, 4) is 28.4 Å². The second-order valence-electron chi connectivity index (χ2n) is 13.3. The van der Waals surface area contributed by atoms with E-state index in [2.05, 4.69) is 16.0 Å². The summed E-state index contributed by atoms with van der Waals surface area (Å²) in [6.45, 7) is 7.85. The second-order valence-corrected chi connectivity index (χ2v) is 14.3. The highest BCUT2D eigenvalue weighted by molar-refractivity contribution is 7.98. The molecule has 0 bridgehead atoms. The molecule has 1 saturated heterocycles. The highest BCUT2D eigenvalue weighted by Crippen LogP contribution is 2.50. The van der Waals surface area contributed by atoms with E-state index in [1.54, 1.807) is 50.1 Å². The summed E-state index contributed by atoms with van der Waals surface area (Å²) in [6, 6.07) is 5.82. The SMILES string of the molecule is COc1cc2c(c(OC)c1OC)-c1ccc(N[C@@H](CCSC)C(=O)N3CCC(NC(=O)OC(C)(C)C)CC3)c(=O)cc1[C@@H](NC(C)=O)CC2. The largest absolute Gasteiger partial charge is 0.493 e. The highest BCUT2D eigenvalue weighted by Gasteiger charge is 2.32. The molecule has 2 aromatic carbocycles. The summed E-state index contributed by atoms with van der Waals surface area (Å²) in [5.74, 6) is 1.80. The van der Waals surface area contributed by atoms with Crippen molar-refractivity contribution in [2.45, 2.75) is 83.5 Å². The standard InChI is InChI=1S/C36H50N4O8S/c1-21(41)37-26-11-9-22-19-30(45-5)32(46-6)33(47-7)31(22)24-10-12-27(29(42)20-25(24)26)39-28(15-18-49-8)34(43)40-16-13-23(14-17-40)38-35(44)48-36(2,3)4/h10,12,19-20,23,26,28H,9,11,13-18H2,1-8H3,(H,37,41)(H,38,44)(H,39,42)/t26-,28-/m0/s1. The lowest BCUT2D eigenvalue weighted by Crippen LogP contribution is -2.51. The number of alkyl carbamates (subject to hydrolysis) is 1. The summed E-state index contributed by atoms with van der Waals surface area (Å²) in [7, 11) is 4.66. The lowest BCUT2D eigenvalue weighted by Gasteiger charge is -2.35. The van der Waals surface area contributed by atoms with Gasteiger partial charge in [-0.3, -0.25) is 14.4 Å². The lowest BCUT2D eigenvalue weighted by molar-refractivity contribution is -0.133. The second kappa shape index (κ2) is 16.5. The summed E-state index contributed by atoms with van der Waals surface area (Å²) >= 11 is 1.62. The van der Waals surface area contributed by atoms with Crippen molar-refractivity contribution in [1.82, 2.24) is 15.5 Å². The molecular weight excluding hydrogens is 648 g/mol. The van der Waals surface area contributed by atoms with Crippen molar-refractivity contribution in [1.29, 1.82) is 0 Å². The number of anilines is 1. The minimum Gasteiger partial charge on any atom is -0.493 e. The first-order valence-electron chi connectivity index (χ1n) is 16.6. The topological polar surface area (TPSA) is 145 Å². The number of likely N-dealkylation sites (tertiary alicyclic amines) is 1. The van der Waals surface area contributed by atoms with Crippen molar-refractivity contribution >= 4 is 35.4 Å². The van der Waals surface area contributed by atoms with Crippen LogP contribution in [0.2, 0.25) is 0 Å². The van der Waals surface area contributed by atoms with E-state index in [0.717, 1.165) is 11.1 Å². The zero-order valence-corrected chi connectivity index (χ0v) is 30.6. The molecule has 1 heterocycles. The quantitative estimate of drug-likeness (QED) is 0.296. The Kier molecular flexibility index (Phi) is 12.7. The van der Waals surface area contributed by atoms with Crippen LogP contribution in [0.4, 0.5) is 10.5 Å². The summed E-state index contributed by atoms with van der Waals surface area (Å²) in [4.78, 5) is 54.3. The summed E-state index contributed by atoms with van der Waals surface area (Å²) in [5.41, 5.74) is 2.41. The Morgan fingerprint density at radius 1 is 0.980 bits per heavy atom. The zero-order valence-electron chi connectivity index (χ0n) is 29.8. The van der Waals surface area contributed by atoms with Crippen molar-refractivity contribution in [3.05, 3.63) is 45.6 Å². The van der Waals surface area contributed by atoms with Gasteiger partial charge in [0.25, 0.3) is 0 Å². The molecule has 1 aliphatic carbocycles. The van der Waals surface area contributed by atoms with Gasteiger partial charge in [0.15, 0.2) is 11.5 Å². The van der Waals surface area contributed by atoms with E-state index < -0.39 is 23.8 Å². The van der Waals surface area contributed by atoms with Crippen LogP contribution in [-0.2, 0) is 20.7 Å². The highest BCUT2D eigenvalue weighted by atomic mass is 32.2. The maximum Gasteiger partial charge on any atom is 0.407 e. The molecule has 1 fully saturated rings. The summed E-state index contributed by atoms with van der Waals surface area (Å²) < 4.78 is 22.6. The van der Waals surface area contributed by atoms with Crippen molar-refractivity contribution in [2.75, 3.05) is 51.7 Å². The number of amides is 3. The van der Waals surface area contributed by atoms with Crippen LogP contribution in [0.3, 0.4) is 0 Å². The number of piperidine rings is 1. The van der Waals surface area contributed by atoms with Gasteiger partial charge in [-0.25, -0.2) is 4.79 Å². The number of carbonyl (C=O) groups is 3. The Labute approximate surface area is 293 Å². The number of nitrogens with zero attached hydrogens (tertiary/aromatic N) is 1. The predicted molar refractivity (Wildman–Crippen MR) is 192 cm³/mol.